The van der Waals surface area contributed by atoms with Crippen LogP contribution in [0.25, 0.3) is 6.08 Å². The molecule has 0 unspecified atom stereocenters. The molecule has 2 aromatic carbocycles. The number of hydrogen-bond donors (Lipinski definition) is 0. The molecule has 0 aromatic heterocycles. The third-order valence-corrected chi connectivity index (χ3v) is 4.40. The van der Waals surface area contributed by atoms with E-state index in [1.807, 2.05) is 0 Å². The first-order valence-electron chi connectivity index (χ1n) is 6.98. The summed E-state index contributed by atoms with van der Waals surface area (Å²) in [6, 6.07) is 10.5. The van der Waals surface area contributed by atoms with Crippen molar-refractivity contribution in [3.05, 3.63) is 62.7 Å². The fraction of sp³-hybridized carbons (Fsp3) is 0.0588. The molecule has 24 heavy (non-hydrogen) atoms. The summed E-state index contributed by atoms with van der Waals surface area (Å²) in [5.41, 5.74) is 1.58. The Morgan fingerprint density at radius 3 is 2.75 bits per heavy atom. The molecule has 0 N–H and O–H groups in total. The van der Waals surface area contributed by atoms with E-state index in [0.29, 0.717) is 22.1 Å². The van der Waals surface area contributed by atoms with Crippen LogP contribution < -0.4 is 9.47 Å². The van der Waals surface area contributed by atoms with Crippen molar-refractivity contribution in [3.63, 3.8) is 0 Å². The molecular weight excluding hydrogens is 398 g/mol. The van der Waals surface area contributed by atoms with Gasteiger partial charge in [-0.3, -0.25) is 0 Å². The van der Waals surface area contributed by atoms with Crippen molar-refractivity contribution in [1.29, 1.82) is 0 Å². The minimum Gasteiger partial charge on any atom is -0.454 e. The highest BCUT2D eigenvalue weighted by atomic mass is 79.9. The van der Waals surface area contributed by atoms with Crippen molar-refractivity contribution in [2.24, 2.45) is 4.99 Å². The van der Waals surface area contributed by atoms with Crippen LogP contribution in [0.2, 0.25) is 5.02 Å². The lowest BCUT2D eigenvalue weighted by Gasteiger charge is -2.02. The molecule has 120 valence electrons. The fourth-order valence-corrected chi connectivity index (χ4v) is 2.97. The number of hydrogen-bond acceptors (Lipinski definition) is 5. The fourth-order valence-electron chi connectivity index (χ4n) is 2.34. The summed E-state index contributed by atoms with van der Waals surface area (Å²) in [6.07, 6.45) is 1.63. The van der Waals surface area contributed by atoms with Crippen LogP contribution in [0.15, 0.2) is 51.6 Å². The van der Waals surface area contributed by atoms with Gasteiger partial charge in [0.1, 0.15) is 0 Å². The predicted octanol–water partition coefficient (Wildman–Crippen LogP) is 4.18. The molecule has 2 aliphatic heterocycles. The molecule has 0 saturated heterocycles. The smallest absolute Gasteiger partial charge is 0.363 e. The summed E-state index contributed by atoms with van der Waals surface area (Å²) in [7, 11) is 0. The predicted molar refractivity (Wildman–Crippen MR) is 92.3 cm³/mol. The molecule has 0 spiro atoms. The van der Waals surface area contributed by atoms with E-state index in [4.69, 9.17) is 25.8 Å². The maximum atomic E-state index is 12.1. The molecule has 2 heterocycles. The largest absolute Gasteiger partial charge is 0.454 e. The maximum Gasteiger partial charge on any atom is 0.363 e. The van der Waals surface area contributed by atoms with Crippen molar-refractivity contribution >= 4 is 45.5 Å². The Hall–Kier alpha value is -2.31. The van der Waals surface area contributed by atoms with E-state index in [1.54, 1.807) is 42.5 Å². The zero-order valence-electron chi connectivity index (χ0n) is 12.1. The van der Waals surface area contributed by atoms with Crippen LogP contribution in [0.1, 0.15) is 11.1 Å². The number of carbonyl (C=O) groups is 1. The molecule has 0 saturated carbocycles. The minimum atomic E-state index is -0.519. The lowest BCUT2D eigenvalue weighted by molar-refractivity contribution is -0.129. The molecule has 0 radical (unpaired) electrons. The van der Waals surface area contributed by atoms with Crippen molar-refractivity contribution in [3.8, 4) is 11.5 Å². The summed E-state index contributed by atoms with van der Waals surface area (Å²) < 4.78 is 16.7. The Balaban J connectivity index is 1.71. The van der Waals surface area contributed by atoms with Crippen molar-refractivity contribution < 1.29 is 19.0 Å². The second-order valence-electron chi connectivity index (χ2n) is 5.07. The third kappa shape index (κ3) is 2.79. The number of benzene rings is 2. The van der Waals surface area contributed by atoms with Crippen LogP contribution in [0, 0.1) is 0 Å². The number of fused-ring (bicyclic) bond motifs is 1. The van der Waals surface area contributed by atoms with E-state index in [1.165, 1.54) is 0 Å². The van der Waals surface area contributed by atoms with Gasteiger partial charge in [0.05, 0.1) is 0 Å². The standard InChI is InChI=1S/C17H9BrClNO4/c18-12-7-15-14(22-8-23-15)6-10(12)5-13-17(21)24-16(20-13)9-2-1-3-11(19)4-9/h1-7H,8H2/b13-5-. The van der Waals surface area contributed by atoms with E-state index < -0.39 is 5.97 Å². The molecule has 5 nitrogen and oxygen atoms in total. The average molecular weight is 407 g/mol. The highest BCUT2D eigenvalue weighted by Gasteiger charge is 2.25. The van der Waals surface area contributed by atoms with Gasteiger partial charge in [0.15, 0.2) is 17.2 Å². The Kier molecular flexibility index (Phi) is 3.78. The topological polar surface area (TPSA) is 57.1 Å². The SMILES string of the molecule is O=C1OC(c2cccc(Cl)c2)=N/C1=C\c1cc2c(cc1Br)OCO2. The number of nitrogens with zero attached hydrogens (tertiary/aromatic N) is 1. The molecule has 0 atom stereocenters. The number of halogens is 2. The summed E-state index contributed by atoms with van der Waals surface area (Å²) in [5, 5.41) is 0.544. The lowest BCUT2D eigenvalue weighted by atomic mass is 10.1. The van der Waals surface area contributed by atoms with Gasteiger partial charge in [0.25, 0.3) is 0 Å². The van der Waals surface area contributed by atoms with Crippen LogP contribution in [-0.2, 0) is 9.53 Å². The highest BCUT2D eigenvalue weighted by molar-refractivity contribution is 9.10. The van der Waals surface area contributed by atoms with Gasteiger partial charge < -0.3 is 14.2 Å². The van der Waals surface area contributed by atoms with E-state index in [0.717, 1.165) is 10.0 Å². The number of aliphatic imine (C=N–C) groups is 1. The Morgan fingerprint density at radius 2 is 1.96 bits per heavy atom. The van der Waals surface area contributed by atoms with Crippen LogP contribution in [0.5, 0.6) is 11.5 Å². The van der Waals surface area contributed by atoms with Gasteiger partial charge in [-0.2, -0.15) is 0 Å². The first kappa shape index (κ1) is 15.2. The first-order valence-corrected chi connectivity index (χ1v) is 8.15. The molecule has 4 rings (SSSR count). The molecule has 2 aromatic rings. The van der Waals surface area contributed by atoms with Crippen LogP contribution in [-0.4, -0.2) is 18.7 Å². The normalized spacial score (nSPS) is 17.2. The molecule has 7 heteroatoms. The first-order chi connectivity index (χ1) is 11.6. The van der Waals surface area contributed by atoms with Crippen LogP contribution in [0.3, 0.4) is 0 Å². The number of esters is 1. The number of cyclic esters (lactones) is 1. The molecule has 2 aliphatic rings. The second kappa shape index (κ2) is 5.96. The van der Waals surface area contributed by atoms with E-state index in [9.17, 15) is 4.79 Å². The Labute approximate surface area is 150 Å². The van der Waals surface area contributed by atoms with Gasteiger partial charge >= 0.3 is 5.97 Å². The Morgan fingerprint density at radius 1 is 1.17 bits per heavy atom. The van der Waals surface area contributed by atoms with Crippen LogP contribution in [0.4, 0.5) is 0 Å². The van der Waals surface area contributed by atoms with Crippen molar-refractivity contribution in [2.75, 3.05) is 6.79 Å². The van der Waals surface area contributed by atoms with Gasteiger partial charge in [-0.1, -0.05) is 33.6 Å². The molecule has 0 amide bonds. The highest BCUT2D eigenvalue weighted by Crippen LogP contribution is 2.38. The van der Waals surface area contributed by atoms with E-state index in [2.05, 4.69) is 20.9 Å². The van der Waals surface area contributed by atoms with Gasteiger partial charge in [-0.15, -0.1) is 0 Å². The quantitative estimate of drug-likeness (QED) is 0.555. The van der Waals surface area contributed by atoms with E-state index >= 15 is 0 Å². The second-order valence-corrected chi connectivity index (χ2v) is 6.36. The van der Waals surface area contributed by atoms with Gasteiger partial charge in [0.2, 0.25) is 12.7 Å². The maximum absolute atomic E-state index is 12.1. The number of carbonyl (C=O) groups excluding carboxylic acids is 1. The van der Waals surface area contributed by atoms with Gasteiger partial charge in [-0.25, -0.2) is 9.79 Å². The zero-order valence-corrected chi connectivity index (χ0v) is 14.4. The molecular formula is C17H9BrClNO4. The number of rotatable bonds is 2. The Bertz CT molecular complexity index is 923. The third-order valence-electron chi connectivity index (χ3n) is 3.48. The van der Waals surface area contributed by atoms with Crippen LogP contribution >= 0.6 is 27.5 Å². The van der Waals surface area contributed by atoms with E-state index in [-0.39, 0.29) is 18.4 Å². The average Bonchev–Trinajstić information content (AvgIpc) is 3.14. The molecule has 0 bridgehead atoms. The lowest BCUT2D eigenvalue weighted by Crippen LogP contribution is -2.05. The van der Waals surface area contributed by atoms with Crippen molar-refractivity contribution in [1.82, 2.24) is 0 Å². The monoisotopic (exact) mass is 405 g/mol. The number of ether oxygens (including phenoxy) is 3. The zero-order chi connectivity index (χ0) is 16.7. The summed E-state index contributed by atoms with van der Waals surface area (Å²) in [5.74, 6) is 0.983. The van der Waals surface area contributed by atoms with Gasteiger partial charge in [0, 0.05) is 15.1 Å². The van der Waals surface area contributed by atoms with Gasteiger partial charge in [-0.05, 0) is 42.0 Å². The minimum absolute atomic E-state index is 0.181. The summed E-state index contributed by atoms with van der Waals surface area (Å²) >= 11 is 9.41. The summed E-state index contributed by atoms with van der Waals surface area (Å²) in [6.45, 7) is 0.181. The molecule has 0 fully saturated rings. The molecule has 0 aliphatic carbocycles. The summed E-state index contributed by atoms with van der Waals surface area (Å²) in [4.78, 5) is 16.3. The van der Waals surface area contributed by atoms with Crippen molar-refractivity contribution in [2.45, 2.75) is 0 Å².